The number of nitrogens with one attached hydrogen (secondary N) is 1. The van der Waals surface area contributed by atoms with Gasteiger partial charge in [0.15, 0.2) is 0 Å². The maximum atomic E-state index is 14.0. The van der Waals surface area contributed by atoms with E-state index in [0.29, 0.717) is 23.5 Å². The van der Waals surface area contributed by atoms with Crippen LogP contribution in [0.3, 0.4) is 0 Å². The van der Waals surface area contributed by atoms with Crippen molar-refractivity contribution in [2.75, 3.05) is 0 Å². The largest absolute Gasteiger partial charge is 0.478 e. The minimum atomic E-state index is -0.920. The summed E-state index contributed by atoms with van der Waals surface area (Å²) < 4.78 is 18.0. The zero-order chi connectivity index (χ0) is 32.9. The summed E-state index contributed by atoms with van der Waals surface area (Å²) in [4.78, 5) is 35.0. The molecule has 5 aromatic rings. The fourth-order valence-electron chi connectivity index (χ4n) is 7.70. The second-order valence-electron chi connectivity index (χ2n) is 13.2. The van der Waals surface area contributed by atoms with Gasteiger partial charge in [-0.1, -0.05) is 38.3 Å². The molecule has 0 bridgehead atoms. The van der Waals surface area contributed by atoms with Crippen molar-refractivity contribution in [1.82, 2.24) is 24.4 Å². The SMILES string of the molecule is CC/C(=C\c1ccc2nc(C3(NC(=O)c4ccc5c(C6CCCCC6)c(-c6ccc(F)cn6)n(C)c5c4)CCC3)n(C)c2c1)C(=O)O. The standard InChI is InChI=1S/C38H40FN5O3/c1-4-24(36(46)47)19-23-11-15-29-32(20-23)44(3)37(41-29)38(17-8-18-38)42-35(45)26-12-14-28-31(21-26)43(2)34(30-16-13-27(39)22-40-30)33(28)25-9-6-5-7-10-25/h11-16,19-22,25H,4-10,17-18H2,1-3H3,(H,42,45)(H,46,47)/b24-19+. The molecule has 7 rings (SSSR count). The molecule has 8 nitrogen and oxygen atoms in total. The van der Waals surface area contributed by atoms with Crippen LogP contribution in [0.1, 0.15) is 97.9 Å². The monoisotopic (exact) mass is 633 g/mol. The van der Waals surface area contributed by atoms with Crippen molar-refractivity contribution < 1.29 is 19.1 Å². The average Bonchev–Trinajstić information content (AvgIpc) is 3.55. The first-order valence-corrected chi connectivity index (χ1v) is 16.7. The number of aliphatic carboxylic acids is 1. The Morgan fingerprint density at radius 3 is 2.45 bits per heavy atom. The lowest BCUT2D eigenvalue weighted by Gasteiger charge is -2.41. The zero-order valence-electron chi connectivity index (χ0n) is 27.1. The summed E-state index contributed by atoms with van der Waals surface area (Å²) >= 11 is 0. The summed E-state index contributed by atoms with van der Waals surface area (Å²) in [5.74, 6) is -0.253. The molecule has 0 spiro atoms. The van der Waals surface area contributed by atoms with E-state index < -0.39 is 11.5 Å². The number of carboxylic acid groups (broad SMARTS) is 1. The van der Waals surface area contributed by atoms with Gasteiger partial charge in [0, 0.05) is 36.1 Å². The van der Waals surface area contributed by atoms with Crippen molar-refractivity contribution in [3.05, 3.63) is 88.6 Å². The highest BCUT2D eigenvalue weighted by molar-refractivity contribution is 6.01. The van der Waals surface area contributed by atoms with Gasteiger partial charge in [-0.25, -0.2) is 14.2 Å². The number of carbonyl (C=O) groups is 2. The first-order valence-electron chi connectivity index (χ1n) is 16.7. The van der Waals surface area contributed by atoms with Crippen LogP contribution in [0.4, 0.5) is 4.39 Å². The summed E-state index contributed by atoms with van der Waals surface area (Å²) in [6.45, 7) is 1.83. The Morgan fingerprint density at radius 1 is 1.00 bits per heavy atom. The third-order valence-corrected chi connectivity index (χ3v) is 10.4. The van der Waals surface area contributed by atoms with Crippen LogP contribution in [-0.2, 0) is 24.4 Å². The molecule has 2 aliphatic carbocycles. The molecule has 3 heterocycles. The highest BCUT2D eigenvalue weighted by Gasteiger charge is 2.44. The average molecular weight is 634 g/mol. The first kappa shape index (κ1) is 30.8. The Morgan fingerprint density at radius 2 is 1.79 bits per heavy atom. The number of imidazole rings is 1. The fraction of sp³-hybridized carbons (Fsp3) is 0.368. The number of hydrogen-bond donors (Lipinski definition) is 2. The van der Waals surface area contributed by atoms with E-state index in [1.807, 2.05) is 55.9 Å². The van der Waals surface area contributed by atoms with E-state index >= 15 is 0 Å². The van der Waals surface area contributed by atoms with Gasteiger partial charge in [-0.3, -0.25) is 9.78 Å². The van der Waals surface area contributed by atoms with E-state index in [1.54, 1.807) is 12.1 Å². The molecular weight excluding hydrogens is 593 g/mol. The number of amides is 1. The van der Waals surface area contributed by atoms with Gasteiger partial charge in [0.2, 0.25) is 0 Å². The Kier molecular flexibility index (Phi) is 7.94. The lowest BCUT2D eigenvalue weighted by Crippen LogP contribution is -2.52. The van der Waals surface area contributed by atoms with Crippen LogP contribution in [0, 0.1) is 5.82 Å². The molecule has 2 aromatic carbocycles. The van der Waals surface area contributed by atoms with Crippen molar-refractivity contribution >= 4 is 39.9 Å². The van der Waals surface area contributed by atoms with Crippen LogP contribution in [0.15, 0.2) is 60.3 Å². The number of rotatable bonds is 8. The van der Waals surface area contributed by atoms with E-state index in [0.717, 1.165) is 76.8 Å². The lowest BCUT2D eigenvalue weighted by atomic mass is 9.75. The molecule has 0 atom stereocenters. The predicted octanol–water partition coefficient (Wildman–Crippen LogP) is 8.00. The summed E-state index contributed by atoms with van der Waals surface area (Å²) in [6.07, 6.45) is 11.8. The topological polar surface area (TPSA) is 102 Å². The van der Waals surface area contributed by atoms with Crippen molar-refractivity contribution in [3.63, 3.8) is 0 Å². The van der Waals surface area contributed by atoms with Crippen LogP contribution in [-0.4, -0.2) is 36.1 Å². The third kappa shape index (κ3) is 5.41. The highest BCUT2D eigenvalue weighted by Crippen LogP contribution is 2.44. The number of aryl methyl sites for hydroxylation is 2. The summed E-state index contributed by atoms with van der Waals surface area (Å²) in [5.41, 5.74) is 6.73. The molecule has 47 heavy (non-hydrogen) atoms. The van der Waals surface area contributed by atoms with Crippen molar-refractivity contribution in [2.24, 2.45) is 14.1 Å². The molecule has 0 radical (unpaired) electrons. The van der Waals surface area contributed by atoms with Crippen molar-refractivity contribution in [3.8, 4) is 11.4 Å². The molecule has 2 saturated carbocycles. The number of carboxylic acids is 1. The number of benzene rings is 2. The van der Waals surface area contributed by atoms with Crippen LogP contribution < -0.4 is 5.32 Å². The van der Waals surface area contributed by atoms with E-state index in [1.165, 1.54) is 37.1 Å². The number of hydrogen-bond acceptors (Lipinski definition) is 4. The molecule has 9 heteroatoms. The van der Waals surface area contributed by atoms with Crippen LogP contribution in [0.25, 0.3) is 39.4 Å². The van der Waals surface area contributed by atoms with Crippen LogP contribution in [0.5, 0.6) is 0 Å². The van der Waals surface area contributed by atoms with Gasteiger partial charge in [-0.2, -0.15) is 0 Å². The number of pyridine rings is 1. The second-order valence-corrected chi connectivity index (χ2v) is 13.2. The Hall–Kier alpha value is -4.79. The maximum Gasteiger partial charge on any atom is 0.331 e. The second kappa shape index (κ2) is 12.1. The minimum absolute atomic E-state index is 0.154. The summed E-state index contributed by atoms with van der Waals surface area (Å²) in [6, 6.07) is 14.9. The first-order chi connectivity index (χ1) is 22.7. The minimum Gasteiger partial charge on any atom is -0.478 e. The number of fused-ring (bicyclic) bond motifs is 2. The number of nitrogens with zero attached hydrogens (tertiary/aromatic N) is 4. The Bertz CT molecular complexity index is 2050. The summed E-state index contributed by atoms with van der Waals surface area (Å²) in [7, 11) is 3.96. The molecule has 3 aromatic heterocycles. The summed E-state index contributed by atoms with van der Waals surface area (Å²) in [5, 5.41) is 14.0. The van der Waals surface area contributed by atoms with E-state index in [-0.39, 0.29) is 11.7 Å². The van der Waals surface area contributed by atoms with Gasteiger partial charge >= 0.3 is 5.97 Å². The molecule has 0 aliphatic heterocycles. The fourth-order valence-corrected chi connectivity index (χ4v) is 7.70. The zero-order valence-corrected chi connectivity index (χ0v) is 27.1. The van der Waals surface area contributed by atoms with E-state index in [9.17, 15) is 19.1 Å². The molecule has 242 valence electrons. The molecule has 1 amide bonds. The van der Waals surface area contributed by atoms with E-state index in [2.05, 4.69) is 20.9 Å². The Balaban J connectivity index is 1.24. The van der Waals surface area contributed by atoms with Gasteiger partial charge in [-0.05, 0) is 98.0 Å². The molecule has 0 saturated heterocycles. The van der Waals surface area contributed by atoms with Crippen molar-refractivity contribution in [1.29, 1.82) is 0 Å². The van der Waals surface area contributed by atoms with Crippen LogP contribution in [0.2, 0.25) is 0 Å². The van der Waals surface area contributed by atoms with Gasteiger partial charge < -0.3 is 19.6 Å². The number of carbonyl (C=O) groups excluding carboxylic acids is 1. The quantitative estimate of drug-likeness (QED) is 0.169. The Labute approximate surface area is 273 Å². The third-order valence-electron chi connectivity index (χ3n) is 10.4. The van der Waals surface area contributed by atoms with Gasteiger partial charge in [0.05, 0.1) is 34.2 Å². The van der Waals surface area contributed by atoms with Crippen molar-refractivity contribution in [2.45, 2.75) is 76.2 Å². The smallest absolute Gasteiger partial charge is 0.331 e. The maximum absolute atomic E-state index is 14.0. The molecule has 0 unspecified atom stereocenters. The van der Waals surface area contributed by atoms with Crippen LogP contribution >= 0.6 is 0 Å². The lowest BCUT2D eigenvalue weighted by molar-refractivity contribution is -0.132. The van der Waals surface area contributed by atoms with E-state index in [4.69, 9.17) is 4.98 Å². The van der Waals surface area contributed by atoms with Gasteiger partial charge in [-0.15, -0.1) is 0 Å². The highest BCUT2D eigenvalue weighted by atomic mass is 19.1. The van der Waals surface area contributed by atoms with Gasteiger partial charge in [0.1, 0.15) is 11.6 Å². The normalized spacial score (nSPS) is 16.8. The predicted molar refractivity (Wildman–Crippen MR) is 182 cm³/mol. The molecule has 2 N–H and O–H groups in total. The number of halogens is 1. The molecule has 2 fully saturated rings. The molecule has 2 aliphatic rings. The number of aromatic nitrogens is 4. The van der Waals surface area contributed by atoms with Gasteiger partial charge in [0.25, 0.3) is 5.91 Å². The molecular formula is C38H40FN5O3.